The van der Waals surface area contributed by atoms with Gasteiger partial charge in [0.05, 0.1) is 27.5 Å². The van der Waals surface area contributed by atoms with Crippen molar-refractivity contribution in [2.24, 2.45) is 5.73 Å². The maximum Gasteiger partial charge on any atom is 0.253 e. The first-order valence-corrected chi connectivity index (χ1v) is 14.2. The predicted molar refractivity (Wildman–Crippen MR) is 140 cm³/mol. The van der Waals surface area contributed by atoms with Crippen LogP contribution < -0.4 is 5.73 Å². The highest BCUT2D eigenvalue weighted by Crippen LogP contribution is 2.41. The van der Waals surface area contributed by atoms with Gasteiger partial charge < -0.3 is 15.2 Å². The highest BCUT2D eigenvalue weighted by atomic mass is 32.2. The summed E-state index contributed by atoms with van der Waals surface area (Å²) >= 11 is 0. The molecule has 2 aromatic carbocycles. The van der Waals surface area contributed by atoms with Gasteiger partial charge in [0.15, 0.2) is 0 Å². The number of rotatable bonds is 5. The predicted octanol–water partition coefficient (Wildman–Crippen LogP) is 4.38. The molecule has 0 radical (unpaired) electrons. The standard InChI is InChI=1S/C27H26F2N4O5S/c1-14-23(15(2)38-31-14)17-11-20-19-6-3-16(26(35)32-9-7-27(28,29)8-10-32)13-22(19)33(39(36,37)18-4-5-18)24(20)21(12-17)25(30)34/h3,6,11-13,18H,4-5,7-10H2,1-2H3,(H2,30,34). The number of aromatic nitrogens is 2. The lowest BCUT2D eigenvalue weighted by molar-refractivity contribution is -0.0494. The molecule has 1 aliphatic carbocycles. The third-order valence-electron chi connectivity index (χ3n) is 7.64. The first-order valence-electron chi connectivity index (χ1n) is 12.7. The smallest absolute Gasteiger partial charge is 0.253 e. The molecule has 3 heterocycles. The van der Waals surface area contributed by atoms with E-state index < -0.39 is 45.9 Å². The van der Waals surface area contributed by atoms with Gasteiger partial charge >= 0.3 is 0 Å². The fourth-order valence-electron chi connectivity index (χ4n) is 5.47. The van der Waals surface area contributed by atoms with Crippen molar-refractivity contribution in [1.29, 1.82) is 0 Å². The van der Waals surface area contributed by atoms with Crippen molar-refractivity contribution in [3.8, 4) is 11.1 Å². The number of halogens is 2. The number of alkyl halides is 2. The lowest BCUT2D eigenvalue weighted by atomic mass is 9.97. The molecule has 2 fully saturated rings. The molecule has 0 atom stereocenters. The number of benzene rings is 2. The number of primary amides is 1. The number of hydrogen-bond acceptors (Lipinski definition) is 6. The molecule has 6 rings (SSSR count). The molecule has 1 saturated carbocycles. The molecule has 0 unspecified atom stereocenters. The van der Waals surface area contributed by atoms with Crippen LogP contribution in [0.5, 0.6) is 0 Å². The van der Waals surface area contributed by atoms with E-state index in [1.165, 1.54) is 17.0 Å². The number of nitrogens with zero attached hydrogens (tertiary/aromatic N) is 3. The Morgan fingerprint density at radius 1 is 1.08 bits per heavy atom. The van der Waals surface area contributed by atoms with Gasteiger partial charge in [-0.1, -0.05) is 11.2 Å². The Bertz CT molecular complexity index is 1770. The minimum Gasteiger partial charge on any atom is -0.366 e. The van der Waals surface area contributed by atoms with Gasteiger partial charge in [-0.05, 0) is 56.5 Å². The molecule has 39 heavy (non-hydrogen) atoms. The number of piperidine rings is 1. The van der Waals surface area contributed by atoms with Gasteiger partial charge in [0.2, 0.25) is 10.0 Å². The Balaban J connectivity index is 1.61. The molecule has 2 N–H and O–H groups in total. The normalized spacial score (nSPS) is 17.7. The monoisotopic (exact) mass is 556 g/mol. The van der Waals surface area contributed by atoms with Gasteiger partial charge in [-0.25, -0.2) is 21.2 Å². The molecule has 9 nitrogen and oxygen atoms in total. The van der Waals surface area contributed by atoms with Crippen molar-refractivity contribution < 1.29 is 31.3 Å². The van der Waals surface area contributed by atoms with E-state index in [-0.39, 0.29) is 35.2 Å². The second kappa shape index (κ2) is 8.60. The summed E-state index contributed by atoms with van der Waals surface area (Å²) in [5.74, 6) is -3.55. The molecular weight excluding hydrogens is 530 g/mol. The molecule has 4 aromatic rings. The zero-order valence-electron chi connectivity index (χ0n) is 21.3. The number of carbonyl (C=O) groups excluding carboxylic acids is 2. The molecule has 2 aliphatic rings. The third kappa shape index (κ3) is 4.08. The van der Waals surface area contributed by atoms with Gasteiger partial charge in [0.1, 0.15) is 5.76 Å². The molecule has 2 aromatic heterocycles. The Kier molecular flexibility index (Phi) is 5.62. The van der Waals surface area contributed by atoms with Crippen molar-refractivity contribution in [3.05, 3.63) is 52.9 Å². The van der Waals surface area contributed by atoms with Crippen LogP contribution in [0.15, 0.2) is 34.9 Å². The van der Waals surface area contributed by atoms with Crippen LogP contribution in [0.1, 0.15) is 57.9 Å². The van der Waals surface area contributed by atoms with Crippen molar-refractivity contribution in [2.75, 3.05) is 13.1 Å². The minimum absolute atomic E-state index is 0.00839. The highest BCUT2D eigenvalue weighted by molar-refractivity contribution is 7.91. The Morgan fingerprint density at radius 3 is 2.36 bits per heavy atom. The van der Waals surface area contributed by atoms with Crippen molar-refractivity contribution in [1.82, 2.24) is 14.0 Å². The lowest BCUT2D eigenvalue weighted by Crippen LogP contribution is -2.42. The fourth-order valence-corrected chi connectivity index (χ4v) is 7.37. The van der Waals surface area contributed by atoms with Gasteiger partial charge in [-0.2, -0.15) is 0 Å². The summed E-state index contributed by atoms with van der Waals surface area (Å²) < 4.78 is 61.3. The van der Waals surface area contributed by atoms with Crippen molar-refractivity contribution in [3.63, 3.8) is 0 Å². The molecule has 12 heteroatoms. The van der Waals surface area contributed by atoms with Gasteiger partial charge in [-0.3, -0.25) is 9.59 Å². The summed E-state index contributed by atoms with van der Waals surface area (Å²) in [7, 11) is -3.94. The number of amides is 2. The second-order valence-electron chi connectivity index (χ2n) is 10.4. The van der Waals surface area contributed by atoms with Crippen LogP contribution in [0.4, 0.5) is 8.78 Å². The van der Waals surface area contributed by atoms with E-state index in [0.717, 1.165) is 3.97 Å². The van der Waals surface area contributed by atoms with E-state index in [1.807, 2.05) is 0 Å². The molecular formula is C27H26F2N4O5S. The van der Waals surface area contributed by atoms with E-state index in [2.05, 4.69) is 5.16 Å². The topological polar surface area (TPSA) is 128 Å². The lowest BCUT2D eigenvalue weighted by Gasteiger charge is -2.31. The first-order chi connectivity index (χ1) is 18.4. The van der Waals surface area contributed by atoms with Crippen LogP contribution in [0.2, 0.25) is 0 Å². The SMILES string of the molecule is Cc1noc(C)c1-c1cc(C(N)=O)c2c(c1)c1ccc(C(=O)N3CCC(F)(F)CC3)cc1n2S(=O)(=O)C1CC1. The van der Waals surface area contributed by atoms with Crippen LogP contribution in [0, 0.1) is 13.8 Å². The number of nitrogens with two attached hydrogens (primary N) is 1. The van der Waals surface area contributed by atoms with Crippen LogP contribution >= 0.6 is 0 Å². The maximum absolute atomic E-state index is 13.7. The second-order valence-corrected chi connectivity index (χ2v) is 12.4. The molecule has 2 amide bonds. The van der Waals surface area contributed by atoms with E-state index in [9.17, 15) is 26.8 Å². The summed E-state index contributed by atoms with van der Waals surface area (Å²) in [4.78, 5) is 27.4. The van der Waals surface area contributed by atoms with Crippen LogP contribution in [-0.4, -0.2) is 58.5 Å². The Hall–Kier alpha value is -3.80. The molecule has 0 bridgehead atoms. The zero-order chi connectivity index (χ0) is 27.9. The minimum atomic E-state index is -3.94. The van der Waals surface area contributed by atoms with Gasteiger partial charge in [0.25, 0.3) is 17.7 Å². The largest absolute Gasteiger partial charge is 0.366 e. The summed E-state index contributed by atoms with van der Waals surface area (Å²) in [6.45, 7) is 3.30. The Labute approximate surface area is 222 Å². The fraction of sp³-hybridized carbons (Fsp3) is 0.370. The number of likely N-dealkylation sites (tertiary alicyclic amines) is 1. The van der Waals surface area contributed by atoms with Gasteiger partial charge in [-0.15, -0.1) is 0 Å². The van der Waals surface area contributed by atoms with E-state index >= 15 is 0 Å². The quantitative estimate of drug-likeness (QED) is 0.389. The number of carbonyl (C=O) groups is 2. The van der Waals surface area contributed by atoms with Crippen LogP contribution in [0.25, 0.3) is 32.9 Å². The average Bonchev–Trinajstić information content (AvgIpc) is 3.62. The Morgan fingerprint density at radius 2 is 1.77 bits per heavy atom. The van der Waals surface area contributed by atoms with E-state index in [4.69, 9.17) is 10.3 Å². The number of hydrogen-bond donors (Lipinski definition) is 1. The first kappa shape index (κ1) is 25.5. The molecule has 1 saturated heterocycles. The summed E-state index contributed by atoms with van der Waals surface area (Å²) in [6.07, 6.45) is 0.105. The summed E-state index contributed by atoms with van der Waals surface area (Å²) in [5, 5.41) is 4.34. The summed E-state index contributed by atoms with van der Waals surface area (Å²) in [5.41, 5.74) is 8.19. The zero-order valence-corrected chi connectivity index (χ0v) is 22.1. The molecule has 1 aliphatic heterocycles. The van der Waals surface area contributed by atoms with Crippen LogP contribution in [-0.2, 0) is 10.0 Å². The summed E-state index contributed by atoms with van der Waals surface area (Å²) in [6, 6.07) is 7.95. The third-order valence-corrected chi connectivity index (χ3v) is 9.84. The average molecular weight is 557 g/mol. The molecule has 204 valence electrons. The number of aryl methyl sites for hydroxylation is 2. The molecule has 0 spiro atoms. The van der Waals surface area contributed by atoms with E-state index in [1.54, 1.807) is 32.0 Å². The number of fused-ring (bicyclic) bond motifs is 3. The van der Waals surface area contributed by atoms with Crippen molar-refractivity contribution in [2.45, 2.75) is 50.7 Å². The van der Waals surface area contributed by atoms with Gasteiger partial charge in [0, 0.05) is 47.8 Å². The highest BCUT2D eigenvalue weighted by Gasteiger charge is 2.40. The van der Waals surface area contributed by atoms with E-state index in [0.29, 0.717) is 46.2 Å². The van der Waals surface area contributed by atoms with Crippen molar-refractivity contribution >= 4 is 43.6 Å². The van der Waals surface area contributed by atoms with Crippen LogP contribution in [0.3, 0.4) is 0 Å². The maximum atomic E-state index is 13.7.